The van der Waals surface area contributed by atoms with E-state index < -0.39 is 5.97 Å². The predicted molar refractivity (Wildman–Crippen MR) is 94.9 cm³/mol. The van der Waals surface area contributed by atoms with Crippen LogP contribution in [0, 0.1) is 11.7 Å². The zero-order valence-electron chi connectivity index (χ0n) is 14.2. The molecule has 0 aliphatic heterocycles. The third-order valence-electron chi connectivity index (χ3n) is 4.10. The lowest BCUT2D eigenvalue weighted by molar-refractivity contribution is -0.137. The fourth-order valence-electron chi connectivity index (χ4n) is 2.48. The Balaban J connectivity index is 1.84. The first-order valence-corrected chi connectivity index (χ1v) is 8.30. The standard InChI is InChI=1S/C20H22FNO3/c1-14(6-10-16-4-2-3-5-18(16)21)20(25)22-17-11-7-15(8-12-17)9-13-19(23)24/h2-5,7-8,11-12,14H,6,9-10,13H2,1H3,(H,22,25)(H,23,24). The van der Waals surface area contributed by atoms with Gasteiger partial charge in [-0.05, 0) is 48.6 Å². The highest BCUT2D eigenvalue weighted by Gasteiger charge is 2.14. The van der Waals surface area contributed by atoms with Crippen molar-refractivity contribution in [3.05, 3.63) is 65.5 Å². The van der Waals surface area contributed by atoms with E-state index >= 15 is 0 Å². The fourth-order valence-corrected chi connectivity index (χ4v) is 2.48. The van der Waals surface area contributed by atoms with Crippen LogP contribution in [-0.4, -0.2) is 17.0 Å². The summed E-state index contributed by atoms with van der Waals surface area (Å²) < 4.78 is 13.6. The lowest BCUT2D eigenvalue weighted by atomic mass is 10.00. The van der Waals surface area contributed by atoms with Gasteiger partial charge < -0.3 is 10.4 Å². The summed E-state index contributed by atoms with van der Waals surface area (Å²) in [5, 5.41) is 11.5. The summed E-state index contributed by atoms with van der Waals surface area (Å²) in [6.07, 6.45) is 1.61. The van der Waals surface area contributed by atoms with Crippen molar-refractivity contribution in [2.75, 3.05) is 5.32 Å². The lowest BCUT2D eigenvalue weighted by Gasteiger charge is -2.13. The molecule has 2 aromatic carbocycles. The average molecular weight is 343 g/mol. The largest absolute Gasteiger partial charge is 0.481 e. The van der Waals surface area contributed by atoms with Gasteiger partial charge in [0.05, 0.1) is 0 Å². The zero-order valence-corrected chi connectivity index (χ0v) is 14.2. The molecule has 0 aromatic heterocycles. The fraction of sp³-hybridized carbons (Fsp3) is 0.300. The SMILES string of the molecule is CC(CCc1ccccc1F)C(=O)Nc1ccc(CCC(=O)O)cc1. The van der Waals surface area contributed by atoms with E-state index in [2.05, 4.69) is 5.32 Å². The molecule has 0 aliphatic rings. The highest BCUT2D eigenvalue weighted by Crippen LogP contribution is 2.16. The summed E-state index contributed by atoms with van der Waals surface area (Å²) in [4.78, 5) is 22.8. The molecule has 0 bridgehead atoms. The summed E-state index contributed by atoms with van der Waals surface area (Å²) in [6, 6.07) is 13.7. The van der Waals surface area contributed by atoms with Crippen molar-refractivity contribution in [3.63, 3.8) is 0 Å². The molecule has 1 atom stereocenters. The summed E-state index contributed by atoms with van der Waals surface area (Å²) in [5.74, 6) is -1.44. The van der Waals surface area contributed by atoms with E-state index in [0.29, 0.717) is 30.5 Å². The molecule has 2 N–H and O–H groups in total. The predicted octanol–water partition coefficient (Wildman–Crippen LogP) is 4.05. The molecule has 1 unspecified atom stereocenters. The van der Waals surface area contributed by atoms with Gasteiger partial charge in [0.1, 0.15) is 5.82 Å². The number of carboxylic acids is 1. The Labute approximate surface area is 146 Å². The molecule has 25 heavy (non-hydrogen) atoms. The second kappa shape index (κ2) is 8.97. The number of aliphatic carboxylic acids is 1. The molecule has 4 nitrogen and oxygen atoms in total. The minimum atomic E-state index is -0.832. The van der Waals surface area contributed by atoms with Crippen molar-refractivity contribution < 1.29 is 19.1 Å². The highest BCUT2D eigenvalue weighted by molar-refractivity contribution is 5.92. The first kappa shape index (κ1) is 18.6. The molecule has 0 heterocycles. The molecule has 5 heteroatoms. The molecule has 0 aliphatic carbocycles. The molecule has 0 saturated carbocycles. The summed E-state index contributed by atoms with van der Waals surface area (Å²) in [6.45, 7) is 1.82. The van der Waals surface area contributed by atoms with Crippen molar-refractivity contribution in [1.82, 2.24) is 0 Å². The van der Waals surface area contributed by atoms with E-state index in [1.807, 2.05) is 19.1 Å². The van der Waals surface area contributed by atoms with Gasteiger partial charge in [0.2, 0.25) is 5.91 Å². The van der Waals surface area contributed by atoms with E-state index in [0.717, 1.165) is 5.56 Å². The summed E-state index contributed by atoms with van der Waals surface area (Å²) >= 11 is 0. The molecule has 1 amide bonds. The molecule has 132 valence electrons. The average Bonchev–Trinajstić information content (AvgIpc) is 2.60. The van der Waals surface area contributed by atoms with Crippen LogP contribution in [0.15, 0.2) is 48.5 Å². The molecule has 0 spiro atoms. The van der Waals surface area contributed by atoms with Crippen LogP contribution in [0.4, 0.5) is 10.1 Å². The number of nitrogens with one attached hydrogen (secondary N) is 1. The molecule has 2 rings (SSSR count). The van der Waals surface area contributed by atoms with Gasteiger partial charge in [-0.2, -0.15) is 0 Å². The molecule has 0 radical (unpaired) electrons. The van der Waals surface area contributed by atoms with E-state index in [9.17, 15) is 14.0 Å². The number of carbonyl (C=O) groups excluding carboxylic acids is 1. The summed E-state index contributed by atoms with van der Waals surface area (Å²) in [7, 11) is 0. The van der Waals surface area contributed by atoms with Crippen LogP contribution < -0.4 is 5.32 Å². The Bertz CT molecular complexity index is 728. The van der Waals surface area contributed by atoms with Gasteiger partial charge in [-0.3, -0.25) is 9.59 Å². The Morgan fingerprint density at radius 2 is 1.76 bits per heavy atom. The van der Waals surface area contributed by atoms with Crippen molar-refractivity contribution >= 4 is 17.6 Å². The van der Waals surface area contributed by atoms with Gasteiger partial charge in [-0.1, -0.05) is 37.3 Å². The third kappa shape index (κ3) is 6.03. The Morgan fingerprint density at radius 1 is 1.08 bits per heavy atom. The molecule has 2 aromatic rings. The number of hydrogen-bond acceptors (Lipinski definition) is 2. The minimum Gasteiger partial charge on any atom is -0.481 e. The first-order valence-electron chi connectivity index (χ1n) is 8.30. The smallest absolute Gasteiger partial charge is 0.303 e. The number of carboxylic acid groups (broad SMARTS) is 1. The van der Waals surface area contributed by atoms with Crippen molar-refractivity contribution in [2.24, 2.45) is 5.92 Å². The first-order chi connectivity index (χ1) is 12.0. The van der Waals surface area contributed by atoms with Gasteiger partial charge in [0, 0.05) is 18.0 Å². The normalized spacial score (nSPS) is 11.8. The Morgan fingerprint density at radius 3 is 2.40 bits per heavy atom. The maximum absolute atomic E-state index is 13.6. The van der Waals surface area contributed by atoms with E-state index in [1.54, 1.807) is 30.3 Å². The van der Waals surface area contributed by atoms with Crippen LogP contribution in [0.25, 0.3) is 0 Å². The van der Waals surface area contributed by atoms with Crippen LogP contribution in [0.1, 0.15) is 30.9 Å². The second-order valence-electron chi connectivity index (χ2n) is 6.11. The number of amides is 1. The molecule has 0 saturated heterocycles. The zero-order chi connectivity index (χ0) is 18.2. The Hall–Kier alpha value is -2.69. The molecular weight excluding hydrogens is 321 g/mol. The second-order valence-corrected chi connectivity index (χ2v) is 6.11. The number of aryl methyl sites for hydroxylation is 2. The van der Waals surface area contributed by atoms with Crippen molar-refractivity contribution in [3.8, 4) is 0 Å². The van der Waals surface area contributed by atoms with Crippen molar-refractivity contribution in [2.45, 2.75) is 32.6 Å². The topological polar surface area (TPSA) is 66.4 Å². The van der Waals surface area contributed by atoms with Crippen LogP contribution >= 0.6 is 0 Å². The minimum absolute atomic E-state index is 0.0821. The lowest BCUT2D eigenvalue weighted by Crippen LogP contribution is -2.21. The number of carbonyl (C=O) groups is 2. The van der Waals surface area contributed by atoms with Crippen molar-refractivity contribution in [1.29, 1.82) is 0 Å². The van der Waals surface area contributed by atoms with E-state index in [1.165, 1.54) is 6.07 Å². The number of hydrogen-bond donors (Lipinski definition) is 2. The van der Waals surface area contributed by atoms with Gasteiger partial charge >= 0.3 is 5.97 Å². The van der Waals surface area contributed by atoms with Gasteiger partial charge in [0.25, 0.3) is 0 Å². The Kier molecular flexibility index (Phi) is 6.69. The quantitative estimate of drug-likeness (QED) is 0.760. The summed E-state index contributed by atoms with van der Waals surface area (Å²) in [5.41, 5.74) is 2.19. The monoisotopic (exact) mass is 343 g/mol. The van der Waals surface area contributed by atoms with Crippen LogP contribution in [0.3, 0.4) is 0 Å². The van der Waals surface area contributed by atoms with Crippen LogP contribution in [0.5, 0.6) is 0 Å². The number of anilines is 1. The van der Waals surface area contributed by atoms with E-state index in [4.69, 9.17) is 5.11 Å². The van der Waals surface area contributed by atoms with Gasteiger partial charge in [-0.15, -0.1) is 0 Å². The van der Waals surface area contributed by atoms with Gasteiger partial charge in [-0.25, -0.2) is 4.39 Å². The van der Waals surface area contributed by atoms with E-state index in [-0.39, 0.29) is 24.1 Å². The maximum Gasteiger partial charge on any atom is 0.303 e. The third-order valence-corrected chi connectivity index (χ3v) is 4.10. The number of benzene rings is 2. The molecule has 0 fully saturated rings. The molecular formula is C20H22FNO3. The van der Waals surface area contributed by atoms with Crippen LogP contribution in [-0.2, 0) is 22.4 Å². The van der Waals surface area contributed by atoms with Crippen LogP contribution in [0.2, 0.25) is 0 Å². The number of rotatable bonds is 8. The highest BCUT2D eigenvalue weighted by atomic mass is 19.1. The number of halogens is 1. The maximum atomic E-state index is 13.6. The van der Waals surface area contributed by atoms with Gasteiger partial charge in [0.15, 0.2) is 0 Å².